The van der Waals surface area contributed by atoms with Crippen molar-refractivity contribution < 1.29 is 14.7 Å². The first-order valence-electron chi connectivity index (χ1n) is 6.88. The molecular formula is C13H20N4O3. The molecule has 0 radical (unpaired) electrons. The predicted octanol–water partition coefficient (Wildman–Crippen LogP) is 0.0538. The van der Waals surface area contributed by atoms with E-state index in [2.05, 4.69) is 20.6 Å². The summed E-state index contributed by atoms with van der Waals surface area (Å²) in [5, 5.41) is 14.8. The molecule has 4 N–H and O–H groups in total. The minimum Gasteiger partial charge on any atom is -0.480 e. The van der Waals surface area contributed by atoms with Crippen LogP contribution in [0.5, 0.6) is 0 Å². The van der Waals surface area contributed by atoms with E-state index in [-0.39, 0.29) is 18.9 Å². The number of hydrogen-bond donors (Lipinski definition) is 4. The smallest absolute Gasteiger partial charge is 0.326 e. The van der Waals surface area contributed by atoms with Crippen molar-refractivity contribution in [1.29, 1.82) is 0 Å². The largest absolute Gasteiger partial charge is 0.480 e. The third-order valence-electron chi connectivity index (χ3n) is 3.52. The van der Waals surface area contributed by atoms with Gasteiger partial charge in [-0.15, -0.1) is 0 Å². The Balaban J connectivity index is 1.78. The minimum absolute atomic E-state index is 0.164. The number of hydrogen-bond acceptors (Lipinski definition) is 4. The summed E-state index contributed by atoms with van der Waals surface area (Å²) in [5.74, 6) is -1.34. The zero-order chi connectivity index (χ0) is 14.4. The molecular weight excluding hydrogens is 260 g/mol. The summed E-state index contributed by atoms with van der Waals surface area (Å²) in [7, 11) is 0. The Morgan fingerprint density at radius 3 is 2.80 bits per heavy atom. The molecule has 1 heterocycles. The van der Waals surface area contributed by atoms with Gasteiger partial charge in [-0.1, -0.05) is 12.8 Å². The number of carbonyl (C=O) groups excluding carboxylic acids is 1. The van der Waals surface area contributed by atoms with Crippen molar-refractivity contribution in [1.82, 2.24) is 20.6 Å². The molecule has 0 aliphatic heterocycles. The van der Waals surface area contributed by atoms with Gasteiger partial charge >= 0.3 is 5.97 Å². The number of imidazole rings is 1. The first-order chi connectivity index (χ1) is 9.65. The van der Waals surface area contributed by atoms with Crippen molar-refractivity contribution in [2.75, 3.05) is 6.54 Å². The van der Waals surface area contributed by atoms with E-state index >= 15 is 0 Å². The number of nitrogens with zero attached hydrogens (tertiary/aromatic N) is 1. The number of aromatic amines is 1. The van der Waals surface area contributed by atoms with Crippen molar-refractivity contribution in [2.24, 2.45) is 0 Å². The second kappa shape index (κ2) is 7.04. The first kappa shape index (κ1) is 14.5. The van der Waals surface area contributed by atoms with E-state index in [0.29, 0.717) is 11.7 Å². The van der Waals surface area contributed by atoms with Crippen LogP contribution in [-0.4, -0.2) is 45.6 Å². The van der Waals surface area contributed by atoms with Crippen LogP contribution >= 0.6 is 0 Å². The van der Waals surface area contributed by atoms with Crippen LogP contribution in [0.25, 0.3) is 0 Å². The highest BCUT2D eigenvalue weighted by molar-refractivity contribution is 5.84. The molecule has 1 aliphatic rings. The number of carboxylic acid groups (broad SMARTS) is 1. The molecule has 2 rings (SSSR count). The van der Waals surface area contributed by atoms with E-state index in [9.17, 15) is 9.59 Å². The first-order valence-corrected chi connectivity index (χ1v) is 6.88. The van der Waals surface area contributed by atoms with Crippen molar-refractivity contribution in [3.63, 3.8) is 0 Å². The van der Waals surface area contributed by atoms with E-state index in [1.54, 1.807) is 6.20 Å². The Bertz CT molecular complexity index is 440. The van der Waals surface area contributed by atoms with Gasteiger partial charge in [0.05, 0.1) is 12.9 Å². The van der Waals surface area contributed by atoms with Gasteiger partial charge in [-0.25, -0.2) is 9.78 Å². The zero-order valence-corrected chi connectivity index (χ0v) is 11.3. The SMILES string of the molecule is O=C(CNC1CCCC1)N[C@H](Cc1cnc[nH]1)C(=O)O. The molecule has 7 nitrogen and oxygen atoms in total. The summed E-state index contributed by atoms with van der Waals surface area (Å²) in [6, 6.07) is -0.551. The number of aromatic nitrogens is 2. The van der Waals surface area contributed by atoms with Crippen LogP contribution in [-0.2, 0) is 16.0 Å². The summed E-state index contributed by atoms with van der Waals surface area (Å²) < 4.78 is 0. The number of amides is 1. The molecule has 0 saturated heterocycles. The predicted molar refractivity (Wildman–Crippen MR) is 72.1 cm³/mol. The molecule has 0 unspecified atom stereocenters. The Hall–Kier alpha value is -1.89. The number of carboxylic acids is 1. The Morgan fingerprint density at radius 2 is 2.20 bits per heavy atom. The van der Waals surface area contributed by atoms with Crippen LogP contribution in [0.4, 0.5) is 0 Å². The fourth-order valence-electron chi connectivity index (χ4n) is 2.43. The third kappa shape index (κ3) is 4.34. The molecule has 1 amide bonds. The van der Waals surface area contributed by atoms with E-state index in [4.69, 9.17) is 5.11 Å². The van der Waals surface area contributed by atoms with Gasteiger partial charge in [-0.3, -0.25) is 4.79 Å². The Labute approximate surface area is 117 Å². The summed E-state index contributed by atoms with van der Waals surface area (Å²) in [6.45, 7) is 0.164. The standard InChI is InChI=1S/C13H20N4O3/c18-12(7-15-9-3-1-2-4-9)17-11(13(19)20)5-10-6-14-8-16-10/h6,8-9,11,15H,1-5,7H2,(H,14,16)(H,17,18)(H,19,20)/t11-/m1/s1. The normalized spacial score (nSPS) is 17.0. The fourth-order valence-corrected chi connectivity index (χ4v) is 2.43. The fraction of sp³-hybridized carbons (Fsp3) is 0.615. The molecule has 1 aliphatic carbocycles. The summed E-state index contributed by atoms with van der Waals surface area (Å²) in [6.07, 6.45) is 7.79. The van der Waals surface area contributed by atoms with Gasteiger partial charge < -0.3 is 20.7 Å². The van der Waals surface area contributed by atoms with Crippen LogP contribution in [0.15, 0.2) is 12.5 Å². The molecule has 0 spiro atoms. The molecule has 1 aromatic rings. The average Bonchev–Trinajstić information content (AvgIpc) is 3.08. The molecule has 1 saturated carbocycles. The van der Waals surface area contributed by atoms with Gasteiger partial charge in [0.2, 0.25) is 5.91 Å². The third-order valence-corrected chi connectivity index (χ3v) is 3.52. The summed E-state index contributed by atoms with van der Waals surface area (Å²) in [5.41, 5.74) is 0.682. The molecule has 1 atom stereocenters. The van der Waals surface area contributed by atoms with E-state index in [0.717, 1.165) is 12.8 Å². The molecule has 110 valence electrons. The van der Waals surface area contributed by atoms with Crippen LogP contribution in [0.2, 0.25) is 0 Å². The number of carbonyl (C=O) groups is 2. The highest BCUT2D eigenvalue weighted by atomic mass is 16.4. The number of nitrogens with one attached hydrogen (secondary N) is 3. The lowest BCUT2D eigenvalue weighted by molar-refractivity contribution is -0.141. The Morgan fingerprint density at radius 1 is 1.45 bits per heavy atom. The van der Waals surface area contributed by atoms with Crippen LogP contribution in [0.3, 0.4) is 0 Å². The lowest BCUT2D eigenvalue weighted by atomic mass is 10.1. The number of rotatable bonds is 7. The monoisotopic (exact) mass is 280 g/mol. The Kier molecular flexibility index (Phi) is 5.11. The second-order valence-corrected chi connectivity index (χ2v) is 5.10. The maximum Gasteiger partial charge on any atom is 0.326 e. The van der Waals surface area contributed by atoms with E-state index < -0.39 is 12.0 Å². The van der Waals surface area contributed by atoms with Gasteiger partial charge in [-0.2, -0.15) is 0 Å². The highest BCUT2D eigenvalue weighted by Crippen LogP contribution is 2.17. The van der Waals surface area contributed by atoms with Crippen molar-refractivity contribution in [3.05, 3.63) is 18.2 Å². The molecule has 0 aromatic carbocycles. The lowest BCUT2D eigenvalue weighted by Crippen LogP contribution is -2.47. The lowest BCUT2D eigenvalue weighted by Gasteiger charge is -2.16. The average molecular weight is 280 g/mol. The van der Waals surface area contributed by atoms with Gasteiger partial charge in [0.1, 0.15) is 6.04 Å². The maximum atomic E-state index is 11.8. The second-order valence-electron chi connectivity index (χ2n) is 5.10. The van der Waals surface area contributed by atoms with E-state index in [1.807, 2.05) is 0 Å². The van der Waals surface area contributed by atoms with Gasteiger partial charge in [-0.05, 0) is 12.8 Å². The molecule has 7 heteroatoms. The van der Waals surface area contributed by atoms with Crippen molar-refractivity contribution in [3.8, 4) is 0 Å². The topological polar surface area (TPSA) is 107 Å². The van der Waals surface area contributed by atoms with Gasteiger partial charge in [0.25, 0.3) is 0 Å². The minimum atomic E-state index is -1.05. The van der Waals surface area contributed by atoms with Crippen molar-refractivity contribution in [2.45, 2.75) is 44.2 Å². The zero-order valence-electron chi connectivity index (χ0n) is 11.3. The molecule has 0 bridgehead atoms. The maximum absolute atomic E-state index is 11.8. The molecule has 1 fully saturated rings. The van der Waals surface area contributed by atoms with Crippen LogP contribution in [0.1, 0.15) is 31.4 Å². The summed E-state index contributed by atoms with van der Waals surface area (Å²) >= 11 is 0. The highest BCUT2D eigenvalue weighted by Gasteiger charge is 2.22. The van der Waals surface area contributed by atoms with Gasteiger partial charge in [0, 0.05) is 24.4 Å². The quantitative estimate of drug-likeness (QED) is 0.565. The number of aliphatic carboxylic acids is 1. The van der Waals surface area contributed by atoms with Crippen molar-refractivity contribution >= 4 is 11.9 Å². The van der Waals surface area contributed by atoms with Gasteiger partial charge in [0.15, 0.2) is 0 Å². The summed E-state index contributed by atoms with van der Waals surface area (Å²) in [4.78, 5) is 29.6. The molecule has 1 aromatic heterocycles. The molecule has 20 heavy (non-hydrogen) atoms. The van der Waals surface area contributed by atoms with Crippen LogP contribution < -0.4 is 10.6 Å². The number of H-pyrrole nitrogens is 1. The van der Waals surface area contributed by atoms with Crippen LogP contribution in [0, 0.1) is 0 Å². The van der Waals surface area contributed by atoms with E-state index in [1.165, 1.54) is 19.2 Å².